The zero-order valence-electron chi connectivity index (χ0n) is 22.7. The number of hydrogen-bond donors (Lipinski definition) is 0. The number of nitrogens with zero attached hydrogens (tertiary/aromatic N) is 5. The molecule has 2 aliphatic rings. The van der Waals surface area contributed by atoms with Gasteiger partial charge in [-0.15, -0.1) is 10.2 Å². The van der Waals surface area contributed by atoms with Crippen LogP contribution in [0.3, 0.4) is 0 Å². The van der Waals surface area contributed by atoms with Gasteiger partial charge in [0.05, 0.1) is 26.0 Å². The third-order valence-corrected chi connectivity index (χ3v) is 7.55. The van der Waals surface area contributed by atoms with Crippen LogP contribution in [0.1, 0.15) is 31.4 Å². The van der Waals surface area contributed by atoms with E-state index < -0.39 is 0 Å². The Bertz CT molecular complexity index is 1290. The molecule has 2 aromatic carbocycles. The quantitative estimate of drug-likeness (QED) is 0.417. The molecule has 39 heavy (non-hydrogen) atoms. The lowest BCUT2D eigenvalue weighted by Crippen LogP contribution is -2.52. The van der Waals surface area contributed by atoms with Crippen LogP contribution < -0.4 is 14.4 Å². The van der Waals surface area contributed by atoms with Gasteiger partial charge in [-0.05, 0) is 55.7 Å². The van der Waals surface area contributed by atoms with Crippen LogP contribution in [-0.4, -0.2) is 78.8 Å². The minimum Gasteiger partial charge on any atom is -0.493 e. The summed E-state index contributed by atoms with van der Waals surface area (Å²) < 4.78 is 10.7. The average Bonchev–Trinajstić information content (AvgIpc) is 3.85. The van der Waals surface area contributed by atoms with E-state index in [4.69, 9.17) is 9.47 Å². The third-order valence-electron chi connectivity index (χ3n) is 7.55. The first kappa shape index (κ1) is 26.5. The highest BCUT2D eigenvalue weighted by molar-refractivity contribution is 5.87. The molecule has 1 aliphatic heterocycles. The van der Waals surface area contributed by atoms with Crippen molar-refractivity contribution in [2.24, 2.45) is 5.92 Å². The van der Waals surface area contributed by atoms with Gasteiger partial charge >= 0.3 is 0 Å². The molecular weight excluding hydrogens is 494 g/mol. The molecule has 3 aromatic rings. The molecule has 204 valence electrons. The zero-order chi connectivity index (χ0) is 27.4. The second kappa shape index (κ2) is 11.7. The minimum absolute atomic E-state index is 0.0127. The summed E-state index contributed by atoms with van der Waals surface area (Å²) in [6.07, 6.45) is 1.82. The lowest BCUT2D eigenvalue weighted by molar-refractivity contribution is -0.143. The van der Waals surface area contributed by atoms with Crippen molar-refractivity contribution < 1.29 is 19.1 Å². The highest BCUT2D eigenvalue weighted by atomic mass is 16.5. The third kappa shape index (κ3) is 5.97. The van der Waals surface area contributed by atoms with E-state index in [1.807, 2.05) is 72.5 Å². The second-order valence-electron chi connectivity index (χ2n) is 10.0. The molecule has 1 saturated heterocycles. The normalized spacial score (nSPS) is 16.0. The number of anilines is 1. The fourth-order valence-electron chi connectivity index (χ4n) is 4.96. The van der Waals surface area contributed by atoms with Crippen molar-refractivity contribution in [2.75, 3.05) is 51.8 Å². The second-order valence-corrected chi connectivity index (χ2v) is 10.0. The van der Waals surface area contributed by atoms with Crippen molar-refractivity contribution in [3.8, 4) is 22.8 Å². The number of benzene rings is 2. The molecule has 1 aliphatic carbocycles. The summed E-state index contributed by atoms with van der Waals surface area (Å²) in [5.41, 5.74) is 2.66. The van der Waals surface area contributed by atoms with E-state index in [1.54, 1.807) is 19.1 Å². The highest BCUT2D eigenvalue weighted by Gasteiger charge is 2.37. The first-order chi connectivity index (χ1) is 19.0. The zero-order valence-corrected chi connectivity index (χ0v) is 22.7. The van der Waals surface area contributed by atoms with Crippen LogP contribution in [0.25, 0.3) is 11.3 Å². The van der Waals surface area contributed by atoms with Crippen molar-refractivity contribution >= 4 is 17.6 Å². The summed E-state index contributed by atoms with van der Waals surface area (Å²) >= 11 is 0. The molecule has 5 rings (SSSR count). The SMILES string of the molecule is COc1ccc(-c2ccc(N3CCN(C(=O)CN(C(=O)C4CC4)[C@H](C)c4ccccc4)CC3)nn2)cc1OC. The number of piperazine rings is 1. The van der Waals surface area contributed by atoms with E-state index in [0.29, 0.717) is 37.7 Å². The smallest absolute Gasteiger partial charge is 0.242 e. The number of rotatable bonds is 9. The van der Waals surface area contributed by atoms with Crippen molar-refractivity contribution in [1.29, 1.82) is 0 Å². The molecule has 1 saturated carbocycles. The van der Waals surface area contributed by atoms with Gasteiger partial charge in [-0.25, -0.2) is 0 Å². The first-order valence-electron chi connectivity index (χ1n) is 13.4. The van der Waals surface area contributed by atoms with Crippen LogP contribution >= 0.6 is 0 Å². The summed E-state index contributed by atoms with van der Waals surface area (Å²) in [5.74, 6) is 2.20. The van der Waals surface area contributed by atoms with Crippen LogP contribution in [0.2, 0.25) is 0 Å². The molecular formula is C30H35N5O4. The molecule has 9 heteroatoms. The Balaban J connectivity index is 1.20. The molecule has 1 atom stereocenters. The first-order valence-corrected chi connectivity index (χ1v) is 13.4. The Morgan fingerprint density at radius 1 is 0.923 bits per heavy atom. The van der Waals surface area contributed by atoms with Crippen LogP contribution in [-0.2, 0) is 9.59 Å². The molecule has 0 spiro atoms. The number of amides is 2. The summed E-state index contributed by atoms with van der Waals surface area (Å²) in [6, 6.07) is 19.3. The van der Waals surface area contributed by atoms with Crippen LogP contribution in [0.4, 0.5) is 5.82 Å². The van der Waals surface area contributed by atoms with Gasteiger partial charge < -0.3 is 24.2 Å². The monoisotopic (exact) mass is 529 g/mol. The van der Waals surface area contributed by atoms with Gasteiger partial charge in [0.25, 0.3) is 0 Å². The standard InChI is InChI=1S/C30H35N5O4/c1-21(22-7-5-4-6-8-22)35(30(37)23-9-10-23)20-29(36)34-17-15-33(16-18-34)28-14-12-25(31-32-28)24-11-13-26(38-2)27(19-24)39-3/h4-8,11-14,19,21,23H,9-10,15-18,20H2,1-3H3/t21-/m1/s1. The van der Waals surface area contributed by atoms with E-state index in [2.05, 4.69) is 15.1 Å². The Hall–Kier alpha value is -4.14. The lowest BCUT2D eigenvalue weighted by Gasteiger charge is -2.37. The molecule has 2 amide bonds. The molecule has 0 N–H and O–H groups in total. The lowest BCUT2D eigenvalue weighted by atomic mass is 10.1. The van der Waals surface area contributed by atoms with E-state index in [-0.39, 0.29) is 30.3 Å². The van der Waals surface area contributed by atoms with E-state index in [0.717, 1.165) is 35.5 Å². The molecule has 0 bridgehead atoms. The predicted octanol–water partition coefficient (Wildman–Crippen LogP) is 3.81. The van der Waals surface area contributed by atoms with Crippen LogP contribution in [0.5, 0.6) is 11.5 Å². The van der Waals surface area contributed by atoms with Crippen LogP contribution in [0, 0.1) is 5.92 Å². The number of ether oxygens (including phenoxy) is 2. The maximum atomic E-state index is 13.3. The topological polar surface area (TPSA) is 88.1 Å². The van der Waals surface area contributed by atoms with Gasteiger partial charge in [0.15, 0.2) is 17.3 Å². The molecule has 1 aromatic heterocycles. The van der Waals surface area contributed by atoms with Gasteiger partial charge in [0.2, 0.25) is 11.8 Å². The fourth-order valence-corrected chi connectivity index (χ4v) is 4.96. The number of carbonyl (C=O) groups is 2. The van der Waals surface area contributed by atoms with Gasteiger partial charge in [-0.3, -0.25) is 9.59 Å². The molecule has 0 unspecified atom stereocenters. The Kier molecular flexibility index (Phi) is 7.95. The van der Waals surface area contributed by atoms with Crippen molar-refractivity contribution in [3.63, 3.8) is 0 Å². The van der Waals surface area contributed by atoms with Crippen molar-refractivity contribution in [2.45, 2.75) is 25.8 Å². The molecule has 2 heterocycles. The molecule has 2 fully saturated rings. The van der Waals surface area contributed by atoms with Gasteiger partial charge in [0.1, 0.15) is 6.54 Å². The van der Waals surface area contributed by atoms with E-state index in [1.165, 1.54) is 0 Å². The van der Waals surface area contributed by atoms with Gasteiger partial charge in [-0.2, -0.15) is 0 Å². The van der Waals surface area contributed by atoms with E-state index in [9.17, 15) is 9.59 Å². The summed E-state index contributed by atoms with van der Waals surface area (Å²) in [6.45, 7) is 4.56. The maximum Gasteiger partial charge on any atom is 0.242 e. The minimum atomic E-state index is -0.149. The fraction of sp³-hybridized carbons (Fsp3) is 0.400. The Labute approximate surface area is 229 Å². The number of hydrogen-bond acceptors (Lipinski definition) is 7. The average molecular weight is 530 g/mol. The number of carbonyl (C=O) groups excluding carboxylic acids is 2. The summed E-state index contributed by atoms with van der Waals surface area (Å²) in [4.78, 5) is 32.1. The van der Waals surface area contributed by atoms with Gasteiger partial charge in [-0.1, -0.05) is 30.3 Å². The highest BCUT2D eigenvalue weighted by Crippen LogP contribution is 2.34. The Morgan fingerprint density at radius 2 is 1.64 bits per heavy atom. The van der Waals surface area contributed by atoms with Gasteiger partial charge in [0, 0.05) is 37.7 Å². The maximum absolute atomic E-state index is 13.3. The number of aromatic nitrogens is 2. The summed E-state index contributed by atoms with van der Waals surface area (Å²) in [7, 11) is 3.21. The largest absolute Gasteiger partial charge is 0.493 e. The molecule has 9 nitrogen and oxygen atoms in total. The van der Waals surface area contributed by atoms with E-state index >= 15 is 0 Å². The Morgan fingerprint density at radius 3 is 2.26 bits per heavy atom. The van der Waals surface area contributed by atoms with Crippen molar-refractivity contribution in [1.82, 2.24) is 20.0 Å². The van der Waals surface area contributed by atoms with Crippen molar-refractivity contribution in [3.05, 3.63) is 66.2 Å². The predicted molar refractivity (Wildman–Crippen MR) is 149 cm³/mol. The summed E-state index contributed by atoms with van der Waals surface area (Å²) in [5, 5.41) is 8.87. The molecule has 0 radical (unpaired) electrons. The number of methoxy groups -OCH3 is 2. The van der Waals surface area contributed by atoms with Crippen LogP contribution in [0.15, 0.2) is 60.7 Å².